The number of nitrogens with zero attached hydrogens (tertiary/aromatic N) is 5. The van der Waals surface area contributed by atoms with Gasteiger partial charge in [0.1, 0.15) is 10.7 Å². The molecular formula is C24H22N6O3S. The van der Waals surface area contributed by atoms with Crippen molar-refractivity contribution in [1.82, 2.24) is 24.8 Å². The minimum absolute atomic E-state index is 0.282. The normalized spacial score (nSPS) is 17.7. The van der Waals surface area contributed by atoms with Crippen molar-refractivity contribution < 1.29 is 14.6 Å². The van der Waals surface area contributed by atoms with Crippen LogP contribution in [0.5, 0.6) is 5.75 Å². The molecule has 0 aliphatic carbocycles. The first kappa shape index (κ1) is 21.9. The largest absolute Gasteiger partial charge is 0.493 e. The van der Waals surface area contributed by atoms with Crippen LogP contribution in [0.4, 0.5) is 11.8 Å². The van der Waals surface area contributed by atoms with Crippen LogP contribution in [0, 0.1) is 0 Å². The van der Waals surface area contributed by atoms with Gasteiger partial charge in [-0.15, -0.1) is 11.3 Å². The van der Waals surface area contributed by atoms with Crippen molar-refractivity contribution in [3.8, 4) is 27.7 Å². The lowest BCUT2D eigenvalue weighted by atomic mass is 9.91. The summed E-state index contributed by atoms with van der Waals surface area (Å²) in [5.74, 6) is 1.19. The van der Waals surface area contributed by atoms with E-state index in [1.165, 1.54) is 11.3 Å². The molecule has 1 aromatic carbocycles. The minimum atomic E-state index is -1.50. The van der Waals surface area contributed by atoms with Crippen molar-refractivity contribution in [3.63, 3.8) is 0 Å². The maximum absolute atomic E-state index is 12.5. The summed E-state index contributed by atoms with van der Waals surface area (Å²) in [4.78, 5) is 31.9. The first-order chi connectivity index (χ1) is 16.5. The fraction of sp³-hybridized carbons (Fsp3) is 0.208. The Morgan fingerprint density at radius 2 is 2.00 bits per heavy atom. The molecule has 34 heavy (non-hydrogen) atoms. The zero-order valence-electron chi connectivity index (χ0n) is 18.6. The molecular weight excluding hydrogens is 452 g/mol. The molecule has 0 bridgehead atoms. The van der Waals surface area contributed by atoms with E-state index in [1.807, 2.05) is 23.6 Å². The van der Waals surface area contributed by atoms with Crippen LogP contribution >= 0.6 is 11.3 Å². The summed E-state index contributed by atoms with van der Waals surface area (Å²) in [5.41, 5.74) is 1.26. The summed E-state index contributed by atoms with van der Waals surface area (Å²) in [6, 6.07) is 12.7. The van der Waals surface area contributed by atoms with Crippen molar-refractivity contribution in [1.29, 1.82) is 0 Å². The Bertz CT molecular complexity index is 1360. The van der Waals surface area contributed by atoms with Gasteiger partial charge in [0.2, 0.25) is 5.95 Å². The zero-order chi connectivity index (χ0) is 23.7. The number of aromatic nitrogens is 4. The topological polar surface area (TPSA) is 113 Å². The second-order valence-electron chi connectivity index (χ2n) is 7.90. The molecule has 1 aliphatic rings. The van der Waals surface area contributed by atoms with Crippen LogP contribution in [0.15, 0.2) is 60.2 Å². The van der Waals surface area contributed by atoms with Gasteiger partial charge in [0, 0.05) is 43.4 Å². The van der Waals surface area contributed by atoms with Crippen LogP contribution in [0.25, 0.3) is 22.0 Å². The van der Waals surface area contributed by atoms with Gasteiger partial charge >= 0.3 is 0 Å². The van der Waals surface area contributed by atoms with Crippen LogP contribution < -0.4 is 10.1 Å². The number of hydrogen-bond acceptors (Lipinski definition) is 9. The lowest BCUT2D eigenvalue weighted by Gasteiger charge is -2.21. The van der Waals surface area contributed by atoms with Gasteiger partial charge in [0.25, 0.3) is 5.91 Å². The lowest BCUT2D eigenvalue weighted by molar-refractivity contribution is -0.143. The number of carbonyl (C=O) groups excluding carboxylic acids is 1. The highest BCUT2D eigenvalue weighted by Crippen LogP contribution is 2.36. The number of likely N-dealkylation sites (tertiary alicyclic amines) is 1. The standard InChI is InChI=1S/C24H22N6O3S/c1-30-12-9-24(32,22(30)31)16-6-3-5-15(13-16)21-27-18(14-34-21)17-8-11-26-23(28-17)29-20-19(33-2)7-4-10-25-20/h3-8,10-11,13-14,32H,9,12H2,1-2H3,(H,25,26,28,29). The third-order valence-corrected chi connectivity index (χ3v) is 6.63. The van der Waals surface area contributed by atoms with Crippen molar-refractivity contribution in [2.24, 2.45) is 0 Å². The first-order valence-electron chi connectivity index (χ1n) is 10.6. The highest BCUT2D eigenvalue weighted by molar-refractivity contribution is 7.13. The maximum atomic E-state index is 12.5. The van der Waals surface area contributed by atoms with E-state index < -0.39 is 5.60 Å². The molecule has 1 atom stereocenters. The number of carbonyl (C=O) groups is 1. The molecule has 0 radical (unpaired) electrons. The fourth-order valence-electron chi connectivity index (χ4n) is 3.87. The molecule has 0 saturated carbocycles. The Morgan fingerprint density at radius 1 is 1.12 bits per heavy atom. The van der Waals surface area contributed by atoms with E-state index in [9.17, 15) is 9.90 Å². The number of anilines is 2. The second kappa shape index (κ2) is 8.81. The van der Waals surface area contributed by atoms with Crippen LogP contribution in [0.2, 0.25) is 0 Å². The van der Waals surface area contributed by atoms with E-state index in [0.29, 0.717) is 47.4 Å². The third kappa shape index (κ3) is 3.97. The molecule has 172 valence electrons. The lowest BCUT2D eigenvalue weighted by Crippen LogP contribution is -2.36. The number of hydrogen-bond donors (Lipinski definition) is 2. The number of likely N-dealkylation sites (N-methyl/N-ethyl adjacent to an activating group) is 1. The molecule has 1 aliphatic heterocycles. The highest BCUT2D eigenvalue weighted by atomic mass is 32.1. The van der Waals surface area contributed by atoms with Crippen LogP contribution in [0.1, 0.15) is 12.0 Å². The Hall–Kier alpha value is -3.89. The van der Waals surface area contributed by atoms with Crippen molar-refractivity contribution in [2.45, 2.75) is 12.0 Å². The van der Waals surface area contributed by atoms with Gasteiger partial charge in [-0.2, -0.15) is 0 Å². The van der Waals surface area contributed by atoms with Gasteiger partial charge in [0.05, 0.1) is 12.8 Å². The van der Waals surface area contributed by atoms with E-state index in [4.69, 9.17) is 9.72 Å². The van der Waals surface area contributed by atoms with Gasteiger partial charge in [-0.05, 0) is 29.8 Å². The SMILES string of the molecule is COc1cccnc1Nc1nccc(-c2csc(-c3cccc(C4(O)CCN(C)C4=O)c3)n2)n1. The number of nitrogens with one attached hydrogen (secondary N) is 1. The second-order valence-corrected chi connectivity index (χ2v) is 8.76. The number of ether oxygens (including phenoxy) is 1. The van der Waals surface area contributed by atoms with Crippen molar-refractivity contribution >= 4 is 29.0 Å². The average molecular weight is 475 g/mol. The molecule has 0 spiro atoms. The molecule has 2 N–H and O–H groups in total. The molecule has 9 nitrogen and oxygen atoms in total. The van der Waals surface area contributed by atoms with E-state index in [2.05, 4.69) is 20.3 Å². The Morgan fingerprint density at radius 3 is 2.79 bits per heavy atom. The predicted molar refractivity (Wildman–Crippen MR) is 129 cm³/mol. The molecule has 4 heterocycles. The quantitative estimate of drug-likeness (QED) is 0.437. The molecule has 1 fully saturated rings. The molecule has 1 saturated heterocycles. The van der Waals surface area contributed by atoms with Gasteiger partial charge in [-0.1, -0.05) is 18.2 Å². The third-order valence-electron chi connectivity index (χ3n) is 5.74. The Kier molecular flexibility index (Phi) is 5.68. The van der Waals surface area contributed by atoms with Gasteiger partial charge in [0.15, 0.2) is 17.2 Å². The molecule has 4 aromatic rings. The summed E-state index contributed by atoms with van der Waals surface area (Å²) in [5, 5.41) is 16.8. The summed E-state index contributed by atoms with van der Waals surface area (Å²) < 4.78 is 5.32. The first-order valence-corrected chi connectivity index (χ1v) is 11.5. The fourth-order valence-corrected chi connectivity index (χ4v) is 4.68. The van der Waals surface area contributed by atoms with Gasteiger partial charge in [-0.3, -0.25) is 4.79 Å². The van der Waals surface area contributed by atoms with Crippen molar-refractivity contribution in [3.05, 3.63) is 65.8 Å². The van der Waals surface area contributed by atoms with Crippen molar-refractivity contribution in [2.75, 3.05) is 26.0 Å². The van der Waals surface area contributed by atoms with E-state index in [1.54, 1.807) is 55.7 Å². The maximum Gasteiger partial charge on any atom is 0.258 e. The number of thiazole rings is 1. The number of pyridine rings is 1. The number of rotatable bonds is 6. The minimum Gasteiger partial charge on any atom is -0.493 e. The van der Waals surface area contributed by atoms with E-state index in [0.717, 1.165) is 10.6 Å². The van der Waals surface area contributed by atoms with Crippen LogP contribution in [0.3, 0.4) is 0 Å². The van der Waals surface area contributed by atoms with Gasteiger partial charge in [-0.25, -0.2) is 19.9 Å². The van der Waals surface area contributed by atoms with Crippen LogP contribution in [-0.2, 0) is 10.4 Å². The summed E-state index contributed by atoms with van der Waals surface area (Å²) >= 11 is 1.46. The summed E-state index contributed by atoms with van der Waals surface area (Å²) in [7, 11) is 3.27. The summed E-state index contributed by atoms with van der Waals surface area (Å²) in [6.07, 6.45) is 3.67. The van der Waals surface area contributed by atoms with Gasteiger partial charge < -0.3 is 20.1 Å². The molecule has 5 rings (SSSR count). The predicted octanol–water partition coefficient (Wildman–Crippen LogP) is 3.46. The zero-order valence-corrected chi connectivity index (χ0v) is 19.4. The molecule has 10 heteroatoms. The number of methoxy groups -OCH3 is 1. The number of benzene rings is 1. The number of amides is 1. The average Bonchev–Trinajstić information content (AvgIpc) is 3.47. The van der Waals surface area contributed by atoms with E-state index >= 15 is 0 Å². The monoisotopic (exact) mass is 474 g/mol. The highest BCUT2D eigenvalue weighted by Gasteiger charge is 2.45. The molecule has 3 aromatic heterocycles. The Balaban J connectivity index is 1.41. The smallest absolute Gasteiger partial charge is 0.258 e. The number of aliphatic hydroxyl groups is 1. The summed E-state index contributed by atoms with van der Waals surface area (Å²) in [6.45, 7) is 0.523. The molecule has 1 unspecified atom stereocenters. The Labute approximate surface area is 200 Å². The van der Waals surface area contributed by atoms with E-state index in [-0.39, 0.29) is 5.91 Å². The van der Waals surface area contributed by atoms with Crippen LogP contribution in [-0.4, -0.2) is 56.6 Å². The molecule has 1 amide bonds.